The van der Waals surface area contributed by atoms with E-state index in [2.05, 4.69) is 36.2 Å². The minimum atomic E-state index is 0.238. The van der Waals surface area contributed by atoms with E-state index in [9.17, 15) is 4.79 Å². The number of halogens is 1. The predicted octanol–water partition coefficient (Wildman–Crippen LogP) is 5.88. The average Bonchev–Trinajstić information content (AvgIpc) is 3.16. The van der Waals surface area contributed by atoms with E-state index in [-0.39, 0.29) is 5.92 Å². The van der Waals surface area contributed by atoms with E-state index >= 15 is 0 Å². The third kappa shape index (κ3) is 1.93. The van der Waals surface area contributed by atoms with Gasteiger partial charge in [0.1, 0.15) is 0 Å². The second-order valence-electron chi connectivity index (χ2n) is 7.20. The molecule has 0 unspecified atom stereocenters. The molecule has 1 fully saturated rings. The van der Waals surface area contributed by atoms with Crippen molar-refractivity contribution in [2.75, 3.05) is 0 Å². The van der Waals surface area contributed by atoms with Gasteiger partial charge in [-0.1, -0.05) is 23.7 Å². The largest absolute Gasteiger partial charge is 0.358 e. The van der Waals surface area contributed by atoms with Crippen molar-refractivity contribution in [2.45, 2.75) is 32.1 Å². The molecule has 1 aromatic heterocycles. The zero-order valence-corrected chi connectivity index (χ0v) is 14.3. The Labute approximate surface area is 145 Å². The molecule has 2 bridgehead atoms. The van der Waals surface area contributed by atoms with Crippen molar-refractivity contribution in [3.63, 3.8) is 0 Å². The highest BCUT2D eigenvalue weighted by Crippen LogP contribution is 2.48. The summed E-state index contributed by atoms with van der Waals surface area (Å²) in [6.45, 7) is 2.07. The Morgan fingerprint density at radius 2 is 1.92 bits per heavy atom. The number of hydrogen-bond acceptors (Lipinski definition) is 1. The summed E-state index contributed by atoms with van der Waals surface area (Å²) >= 11 is 6.09. The van der Waals surface area contributed by atoms with Crippen LogP contribution in [0.1, 0.15) is 46.8 Å². The van der Waals surface area contributed by atoms with Gasteiger partial charge in [-0.15, -0.1) is 0 Å². The highest BCUT2D eigenvalue weighted by molar-refractivity contribution is 6.30. The van der Waals surface area contributed by atoms with Crippen LogP contribution < -0.4 is 0 Å². The van der Waals surface area contributed by atoms with Gasteiger partial charge in [0, 0.05) is 39.0 Å². The van der Waals surface area contributed by atoms with Crippen LogP contribution in [0.4, 0.5) is 0 Å². The number of H-pyrrole nitrogens is 1. The molecule has 0 amide bonds. The molecule has 2 atom stereocenters. The van der Waals surface area contributed by atoms with Crippen molar-refractivity contribution in [3.05, 3.63) is 58.2 Å². The summed E-state index contributed by atoms with van der Waals surface area (Å²) in [6, 6.07) is 12.4. The molecule has 0 radical (unpaired) electrons. The standard InChI is InChI=1S/C21H18ClNO/c1-11-8-15(22)5-6-16(11)12-4-7-18-17(10-12)19-20(23-18)13-2-3-14(9-13)21(19)24/h4-8,10,13-14,23H,2-3,9H2,1H3/t13-,14+/m0/s1. The van der Waals surface area contributed by atoms with Crippen LogP contribution in [0.15, 0.2) is 36.4 Å². The van der Waals surface area contributed by atoms with Gasteiger partial charge >= 0.3 is 0 Å². The number of nitrogens with one attached hydrogen (secondary N) is 1. The lowest BCUT2D eigenvalue weighted by atomic mass is 9.85. The quantitative estimate of drug-likeness (QED) is 0.592. The smallest absolute Gasteiger partial charge is 0.168 e. The van der Waals surface area contributed by atoms with Gasteiger partial charge in [0.05, 0.1) is 0 Å². The number of ketones is 1. The summed E-state index contributed by atoms with van der Waals surface area (Å²) in [7, 11) is 0. The average molecular weight is 336 g/mol. The number of carbonyl (C=O) groups is 1. The van der Waals surface area contributed by atoms with Crippen LogP contribution in [0, 0.1) is 12.8 Å². The molecule has 2 aliphatic carbocycles. The molecule has 3 aromatic rings. The number of benzene rings is 2. The van der Waals surface area contributed by atoms with Crippen molar-refractivity contribution in [2.24, 2.45) is 5.92 Å². The lowest BCUT2D eigenvalue weighted by molar-refractivity contribution is 0.0915. The van der Waals surface area contributed by atoms with Crippen LogP contribution >= 0.6 is 11.6 Å². The van der Waals surface area contributed by atoms with E-state index in [1.54, 1.807) is 0 Å². The molecule has 3 heteroatoms. The van der Waals surface area contributed by atoms with Crippen LogP contribution in [0.3, 0.4) is 0 Å². The van der Waals surface area contributed by atoms with Gasteiger partial charge in [0.2, 0.25) is 0 Å². The number of aromatic nitrogens is 1. The Morgan fingerprint density at radius 1 is 1.08 bits per heavy atom. The first-order chi connectivity index (χ1) is 11.6. The molecule has 2 nitrogen and oxygen atoms in total. The number of Topliss-reactive ketones (excluding diaryl/α,β-unsaturated/α-hetero) is 1. The van der Waals surface area contributed by atoms with Gasteiger partial charge < -0.3 is 4.98 Å². The minimum Gasteiger partial charge on any atom is -0.358 e. The summed E-state index contributed by atoms with van der Waals surface area (Å²) < 4.78 is 0. The van der Waals surface area contributed by atoms with Crippen LogP contribution in [-0.2, 0) is 0 Å². The Kier molecular flexibility index (Phi) is 2.96. The molecule has 0 saturated heterocycles. The van der Waals surface area contributed by atoms with Crippen LogP contribution in [0.5, 0.6) is 0 Å². The molecule has 2 aliphatic rings. The van der Waals surface area contributed by atoms with E-state index in [4.69, 9.17) is 11.6 Å². The Bertz CT molecular complexity index is 1000. The number of aromatic amines is 1. The number of aryl methyl sites for hydroxylation is 1. The summed E-state index contributed by atoms with van der Waals surface area (Å²) in [5, 5.41) is 1.83. The Hall–Kier alpha value is -2.06. The van der Waals surface area contributed by atoms with Gasteiger partial charge in [0.15, 0.2) is 5.78 Å². The van der Waals surface area contributed by atoms with E-state index < -0.39 is 0 Å². The summed E-state index contributed by atoms with van der Waals surface area (Å²) in [5.74, 6) is 1.12. The molecule has 120 valence electrons. The predicted molar refractivity (Wildman–Crippen MR) is 97.9 cm³/mol. The Balaban J connectivity index is 1.73. The van der Waals surface area contributed by atoms with E-state index in [1.165, 1.54) is 11.3 Å². The van der Waals surface area contributed by atoms with Gasteiger partial charge in [-0.05, 0) is 67.1 Å². The van der Waals surface area contributed by atoms with Crippen molar-refractivity contribution in [1.82, 2.24) is 4.98 Å². The lowest BCUT2D eigenvalue weighted by Crippen LogP contribution is -2.18. The molecule has 1 N–H and O–H groups in total. The molecule has 0 aliphatic heterocycles. The zero-order chi connectivity index (χ0) is 16.4. The number of fused-ring (bicyclic) bond motifs is 6. The van der Waals surface area contributed by atoms with Crippen LogP contribution in [-0.4, -0.2) is 10.8 Å². The van der Waals surface area contributed by atoms with Gasteiger partial charge in [-0.2, -0.15) is 0 Å². The molecular weight excluding hydrogens is 318 g/mol. The maximum atomic E-state index is 12.9. The number of rotatable bonds is 1. The lowest BCUT2D eigenvalue weighted by Gasteiger charge is -2.18. The minimum absolute atomic E-state index is 0.238. The van der Waals surface area contributed by atoms with Crippen molar-refractivity contribution >= 4 is 28.3 Å². The van der Waals surface area contributed by atoms with Crippen LogP contribution in [0.2, 0.25) is 5.02 Å². The molecule has 24 heavy (non-hydrogen) atoms. The Morgan fingerprint density at radius 3 is 2.75 bits per heavy atom. The molecule has 1 saturated carbocycles. The first-order valence-electron chi connectivity index (χ1n) is 8.58. The fraction of sp³-hybridized carbons (Fsp3) is 0.286. The topological polar surface area (TPSA) is 32.9 Å². The van der Waals surface area contributed by atoms with Crippen molar-refractivity contribution in [3.8, 4) is 11.1 Å². The molecule has 2 aromatic carbocycles. The first-order valence-corrected chi connectivity index (χ1v) is 8.96. The summed E-state index contributed by atoms with van der Waals surface area (Å²) in [5.41, 5.74) is 6.67. The summed E-state index contributed by atoms with van der Waals surface area (Å²) in [6.07, 6.45) is 3.21. The molecule has 5 rings (SSSR count). The third-order valence-corrected chi connectivity index (χ3v) is 6.02. The zero-order valence-electron chi connectivity index (χ0n) is 13.5. The van der Waals surface area contributed by atoms with E-state index in [1.807, 2.05) is 12.1 Å². The van der Waals surface area contributed by atoms with Gasteiger partial charge in [-0.3, -0.25) is 4.79 Å². The normalized spacial score (nSPS) is 22.2. The van der Waals surface area contributed by atoms with Crippen LogP contribution in [0.25, 0.3) is 22.0 Å². The van der Waals surface area contributed by atoms with Gasteiger partial charge in [0.25, 0.3) is 0 Å². The van der Waals surface area contributed by atoms with Gasteiger partial charge in [-0.25, -0.2) is 0 Å². The second kappa shape index (κ2) is 4.97. The third-order valence-electron chi connectivity index (χ3n) is 5.79. The van der Waals surface area contributed by atoms with E-state index in [0.29, 0.717) is 11.7 Å². The molecule has 0 spiro atoms. The summed E-state index contributed by atoms with van der Waals surface area (Å²) in [4.78, 5) is 16.4. The molecular formula is C21H18ClNO. The SMILES string of the molecule is Cc1cc(Cl)ccc1-c1ccc2[nH]c3c(c2c1)C(=O)[C@@H]1CC[C@H]3C1. The maximum absolute atomic E-state index is 12.9. The number of hydrogen-bond donors (Lipinski definition) is 1. The fourth-order valence-electron chi connectivity index (χ4n) is 4.59. The highest BCUT2D eigenvalue weighted by Gasteiger charge is 2.40. The highest BCUT2D eigenvalue weighted by atomic mass is 35.5. The second-order valence-corrected chi connectivity index (χ2v) is 7.64. The first kappa shape index (κ1) is 14.3. The molecule has 1 heterocycles. The number of carbonyl (C=O) groups excluding carboxylic acids is 1. The van der Waals surface area contributed by atoms with E-state index in [0.717, 1.165) is 51.9 Å². The maximum Gasteiger partial charge on any atom is 0.168 e. The fourth-order valence-corrected chi connectivity index (χ4v) is 4.82. The van der Waals surface area contributed by atoms with Crippen molar-refractivity contribution in [1.29, 1.82) is 0 Å². The van der Waals surface area contributed by atoms with Crippen molar-refractivity contribution < 1.29 is 4.79 Å². The monoisotopic (exact) mass is 335 g/mol.